The predicted octanol–water partition coefficient (Wildman–Crippen LogP) is 3.68. The summed E-state index contributed by atoms with van der Waals surface area (Å²) in [6, 6.07) is 9.36. The lowest BCUT2D eigenvalue weighted by molar-refractivity contribution is -0.117. The van der Waals surface area contributed by atoms with Gasteiger partial charge < -0.3 is 14.8 Å². The van der Waals surface area contributed by atoms with Crippen LogP contribution < -0.4 is 14.8 Å². The molecule has 2 aromatic rings. The molecule has 1 N–H and O–H groups in total. The van der Waals surface area contributed by atoms with E-state index in [1.807, 2.05) is 24.1 Å². The summed E-state index contributed by atoms with van der Waals surface area (Å²) in [5.74, 6) is 0.877. The Kier molecular flexibility index (Phi) is 6.78. The summed E-state index contributed by atoms with van der Waals surface area (Å²) in [5.41, 5.74) is 1.46. The number of amides is 1. The molecule has 0 fully saturated rings. The summed E-state index contributed by atoms with van der Waals surface area (Å²) in [6.45, 7) is 0.683. The summed E-state index contributed by atoms with van der Waals surface area (Å²) in [5, 5.41) is 2.74. The molecule has 0 saturated heterocycles. The number of carbonyl (C=O) groups excluding carboxylic acids is 1. The van der Waals surface area contributed by atoms with Gasteiger partial charge in [-0.05, 0) is 59.4 Å². The average molecular weight is 411 g/mol. The van der Waals surface area contributed by atoms with Gasteiger partial charge in [0.05, 0.1) is 25.2 Å². The van der Waals surface area contributed by atoms with E-state index in [0.717, 1.165) is 10.0 Å². The molecule has 0 aromatic heterocycles. The SMILES string of the molecule is COc1cc(CN(C)CC(=O)Nc2ccc(F)cc2)c(OC)cc1Br. The van der Waals surface area contributed by atoms with Crippen molar-refractivity contribution >= 4 is 27.5 Å². The van der Waals surface area contributed by atoms with Gasteiger partial charge in [0.1, 0.15) is 17.3 Å². The number of rotatable bonds is 7. The number of nitrogens with one attached hydrogen (secondary N) is 1. The largest absolute Gasteiger partial charge is 0.496 e. The van der Waals surface area contributed by atoms with Crippen LogP contribution in [0.25, 0.3) is 0 Å². The number of carbonyl (C=O) groups is 1. The molecule has 0 aliphatic heterocycles. The molecule has 0 atom stereocenters. The van der Waals surface area contributed by atoms with Gasteiger partial charge in [0.15, 0.2) is 0 Å². The molecular weight excluding hydrogens is 391 g/mol. The first-order valence-corrected chi connectivity index (χ1v) is 8.36. The van der Waals surface area contributed by atoms with Gasteiger partial charge in [0.2, 0.25) is 5.91 Å². The second-order valence-corrected chi connectivity index (χ2v) is 6.38. The first kappa shape index (κ1) is 19.2. The predicted molar refractivity (Wildman–Crippen MR) is 98.6 cm³/mol. The van der Waals surface area contributed by atoms with Crippen LogP contribution in [-0.4, -0.2) is 38.6 Å². The number of benzene rings is 2. The van der Waals surface area contributed by atoms with Crippen molar-refractivity contribution in [1.29, 1.82) is 0 Å². The zero-order valence-electron chi connectivity index (χ0n) is 14.3. The van der Waals surface area contributed by atoms with Crippen LogP contribution in [0.5, 0.6) is 11.5 Å². The van der Waals surface area contributed by atoms with Crippen LogP contribution >= 0.6 is 15.9 Å². The Balaban J connectivity index is 2.00. The third-order valence-corrected chi connectivity index (χ3v) is 4.16. The molecule has 0 heterocycles. The Labute approximate surface area is 154 Å². The lowest BCUT2D eigenvalue weighted by Gasteiger charge is -2.19. The molecular formula is C18H20BrFN2O3. The van der Waals surface area contributed by atoms with E-state index in [0.29, 0.717) is 23.7 Å². The number of anilines is 1. The van der Waals surface area contributed by atoms with Crippen molar-refractivity contribution in [2.24, 2.45) is 0 Å². The van der Waals surface area contributed by atoms with E-state index in [-0.39, 0.29) is 18.3 Å². The fraction of sp³-hybridized carbons (Fsp3) is 0.278. The van der Waals surface area contributed by atoms with E-state index in [1.54, 1.807) is 14.2 Å². The number of nitrogens with zero attached hydrogens (tertiary/aromatic N) is 1. The monoisotopic (exact) mass is 410 g/mol. The highest BCUT2D eigenvalue weighted by Crippen LogP contribution is 2.33. The van der Waals surface area contributed by atoms with Crippen molar-refractivity contribution in [2.45, 2.75) is 6.54 Å². The molecule has 0 aliphatic rings. The van der Waals surface area contributed by atoms with Crippen LogP contribution in [0.2, 0.25) is 0 Å². The highest BCUT2D eigenvalue weighted by molar-refractivity contribution is 9.10. The molecule has 1 amide bonds. The van der Waals surface area contributed by atoms with Crippen molar-refractivity contribution in [3.63, 3.8) is 0 Å². The highest BCUT2D eigenvalue weighted by atomic mass is 79.9. The quantitative estimate of drug-likeness (QED) is 0.756. The minimum atomic E-state index is -0.341. The fourth-order valence-electron chi connectivity index (χ4n) is 2.37. The number of hydrogen-bond donors (Lipinski definition) is 1. The third kappa shape index (κ3) is 5.44. The van der Waals surface area contributed by atoms with E-state index >= 15 is 0 Å². The van der Waals surface area contributed by atoms with E-state index in [9.17, 15) is 9.18 Å². The van der Waals surface area contributed by atoms with E-state index in [4.69, 9.17) is 9.47 Å². The Morgan fingerprint density at radius 2 is 1.80 bits per heavy atom. The van der Waals surface area contributed by atoms with Crippen LogP contribution in [-0.2, 0) is 11.3 Å². The van der Waals surface area contributed by atoms with Gasteiger partial charge in [0.25, 0.3) is 0 Å². The van der Waals surface area contributed by atoms with Crippen LogP contribution in [0.3, 0.4) is 0 Å². The molecule has 134 valence electrons. The molecule has 0 radical (unpaired) electrons. The second-order valence-electron chi connectivity index (χ2n) is 5.53. The maximum absolute atomic E-state index is 12.9. The second kappa shape index (κ2) is 8.82. The topological polar surface area (TPSA) is 50.8 Å². The summed E-state index contributed by atoms with van der Waals surface area (Å²) in [4.78, 5) is 14.0. The molecule has 0 unspecified atom stereocenters. The molecule has 0 saturated carbocycles. The van der Waals surface area contributed by atoms with E-state index in [2.05, 4.69) is 21.2 Å². The van der Waals surface area contributed by atoms with Gasteiger partial charge in [-0.1, -0.05) is 0 Å². The zero-order valence-corrected chi connectivity index (χ0v) is 15.9. The molecule has 7 heteroatoms. The molecule has 2 rings (SSSR count). The zero-order chi connectivity index (χ0) is 18.4. The van der Waals surface area contributed by atoms with Crippen LogP contribution in [0.1, 0.15) is 5.56 Å². The number of halogens is 2. The van der Waals surface area contributed by atoms with Gasteiger partial charge in [-0.3, -0.25) is 9.69 Å². The first-order chi connectivity index (χ1) is 11.9. The standard InChI is InChI=1S/C18H20BrFN2O3/c1-22(11-18(23)21-14-6-4-13(20)5-7-14)10-12-8-17(25-3)15(19)9-16(12)24-2/h4-9H,10-11H2,1-3H3,(H,21,23). The van der Waals surface area contributed by atoms with Gasteiger partial charge in [0, 0.05) is 17.8 Å². The number of hydrogen-bond acceptors (Lipinski definition) is 4. The third-order valence-electron chi connectivity index (χ3n) is 3.54. The van der Waals surface area contributed by atoms with Crippen molar-refractivity contribution in [3.8, 4) is 11.5 Å². The highest BCUT2D eigenvalue weighted by Gasteiger charge is 2.13. The molecule has 2 aromatic carbocycles. The summed E-state index contributed by atoms with van der Waals surface area (Å²) >= 11 is 3.42. The lowest BCUT2D eigenvalue weighted by Crippen LogP contribution is -2.30. The molecule has 25 heavy (non-hydrogen) atoms. The number of ether oxygens (including phenoxy) is 2. The summed E-state index contributed by atoms with van der Waals surface area (Å²) in [7, 11) is 5.02. The molecule has 5 nitrogen and oxygen atoms in total. The van der Waals surface area contributed by atoms with E-state index < -0.39 is 0 Å². The smallest absolute Gasteiger partial charge is 0.238 e. The Bertz CT molecular complexity index is 738. The van der Waals surface area contributed by atoms with Gasteiger partial charge in [-0.15, -0.1) is 0 Å². The Hall–Kier alpha value is -2.12. The van der Waals surface area contributed by atoms with Gasteiger partial charge in [-0.2, -0.15) is 0 Å². The fourth-order valence-corrected chi connectivity index (χ4v) is 2.86. The molecule has 0 spiro atoms. The minimum Gasteiger partial charge on any atom is -0.496 e. The average Bonchev–Trinajstić information content (AvgIpc) is 2.57. The van der Waals surface area contributed by atoms with Crippen LogP contribution in [0.4, 0.5) is 10.1 Å². The van der Waals surface area contributed by atoms with Gasteiger partial charge >= 0.3 is 0 Å². The molecule has 0 aliphatic carbocycles. The summed E-state index contributed by atoms with van der Waals surface area (Å²) < 4.78 is 24.4. The van der Waals surface area contributed by atoms with Crippen molar-refractivity contribution in [2.75, 3.05) is 33.1 Å². The van der Waals surface area contributed by atoms with Crippen LogP contribution in [0.15, 0.2) is 40.9 Å². The maximum Gasteiger partial charge on any atom is 0.238 e. The summed E-state index contributed by atoms with van der Waals surface area (Å²) in [6.07, 6.45) is 0. The number of likely N-dealkylation sites (N-methyl/N-ethyl adjacent to an activating group) is 1. The first-order valence-electron chi connectivity index (χ1n) is 7.57. The van der Waals surface area contributed by atoms with Gasteiger partial charge in [-0.25, -0.2) is 4.39 Å². The van der Waals surface area contributed by atoms with Crippen molar-refractivity contribution in [1.82, 2.24) is 4.90 Å². The molecule has 0 bridgehead atoms. The lowest BCUT2D eigenvalue weighted by atomic mass is 10.1. The Morgan fingerprint density at radius 1 is 1.16 bits per heavy atom. The van der Waals surface area contributed by atoms with Crippen LogP contribution in [0, 0.1) is 5.82 Å². The normalized spacial score (nSPS) is 10.6. The van der Waals surface area contributed by atoms with E-state index in [1.165, 1.54) is 24.3 Å². The van der Waals surface area contributed by atoms with Crippen molar-refractivity contribution < 1.29 is 18.7 Å². The number of methoxy groups -OCH3 is 2. The minimum absolute atomic E-state index is 0.179. The maximum atomic E-state index is 12.9. The van der Waals surface area contributed by atoms with Crippen molar-refractivity contribution in [3.05, 3.63) is 52.3 Å². The Morgan fingerprint density at radius 3 is 2.40 bits per heavy atom.